The van der Waals surface area contributed by atoms with Gasteiger partial charge >= 0.3 is 0 Å². The number of ether oxygens (including phenoxy) is 1. The van der Waals surface area contributed by atoms with Crippen molar-refractivity contribution in [2.45, 2.75) is 57.8 Å². The van der Waals surface area contributed by atoms with E-state index in [1.54, 1.807) is 0 Å². The molecule has 1 fully saturated rings. The molecule has 0 aromatic rings. The Balaban J connectivity index is 2.38. The molecule has 3 nitrogen and oxygen atoms in total. The van der Waals surface area contributed by atoms with Crippen molar-refractivity contribution in [1.29, 1.82) is 0 Å². The standard InChI is InChI=1S/C11H23NO2/c1-4-5-12-8-11(13)6-9(2)14-10(3)7-11/h9-10,12-13H,4-8H2,1-3H3. The monoisotopic (exact) mass is 201 g/mol. The first kappa shape index (κ1) is 12.0. The summed E-state index contributed by atoms with van der Waals surface area (Å²) in [5, 5.41) is 13.6. The predicted molar refractivity (Wildman–Crippen MR) is 57.4 cm³/mol. The minimum absolute atomic E-state index is 0.173. The Morgan fingerprint density at radius 3 is 2.43 bits per heavy atom. The molecule has 1 saturated heterocycles. The van der Waals surface area contributed by atoms with E-state index < -0.39 is 5.60 Å². The van der Waals surface area contributed by atoms with Crippen LogP contribution in [0.3, 0.4) is 0 Å². The quantitative estimate of drug-likeness (QED) is 0.674. The van der Waals surface area contributed by atoms with Gasteiger partial charge in [0.2, 0.25) is 0 Å². The van der Waals surface area contributed by atoms with E-state index >= 15 is 0 Å². The van der Waals surface area contributed by atoms with E-state index in [0.717, 1.165) is 25.8 Å². The van der Waals surface area contributed by atoms with Crippen LogP contribution in [0, 0.1) is 0 Å². The Kier molecular flexibility index (Phi) is 4.35. The molecule has 2 unspecified atom stereocenters. The maximum absolute atomic E-state index is 10.3. The van der Waals surface area contributed by atoms with Crippen molar-refractivity contribution in [2.75, 3.05) is 13.1 Å². The Hall–Kier alpha value is -0.120. The Bertz CT molecular complexity index is 163. The fourth-order valence-corrected chi connectivity index (χ4v) is 2.29. The van der Waals surface area contributed by atoms with Gasteiger partial charge in [-0.3, -0.25) is 0 Å². The highest BCUT2D eigenvalue weighted by Gasteiger charge is 2.36. The third-order valence-electron chi connectivity index (χ3n) is 2.68. The first-order chi connectivity index (χ1) is 6.56. The maximum Gasteiger partial charge on any atom is 0.0820 e. The van der Waals surface area contributed by atoms with Crippen LogP contribution in [0.5, 0.6) is 0 Å². The van der Waals surface area contributed by atoms with Crippen molar-refractivity contribution in [3.05, 3.63) is 0 Å². The number of hydrogen-bond acceptors (Lipinski definition) is 3. The van der Waals surface area contributed by atoms with E-state index in [0.29, 0.717) is 6.54 Å². The van der Waals surface area contributed by atoms with Crippen LogP contribution in [0.1, 0.15) is 40.0 Å². The van der Waals surface area contributed by atoms with Gasteiger partial charge in [-0.2, -0.15) is 0 Å². The van der Waals surface area contributed by atoms with E-state index in [1.165, 1.54) is 0 Å². The Morgan fingerprint density at radius 1 is 1.36 bits per heavy atom. The third-order valence-corrected chi connectivity index (χ3v) is 2.68. The number of rotatable bonds is 4. The SMILES string of the molecule is CCCNCC1(O)CC(C)OC(C)C1. The van der Waals surface area contributed by atoms with Crippen LogP contribution in [0.2, 0.25) is 0 Å². The molecule has 14 heavy (non-hydrogen) atoms. The lowest BCUT2D eigenvalue weighted by Gasteiger charge is -2.39. The molecular formula is C11H23NO2. The van der Waals surface area contributed by atoms with Gasteiger partial charge in [-0.1, -0.05) is 6.92 Å². The first-order valence-electron chi connectivity index (χ1n) is 5.64. The highest BCUT2D eigenvalue weighted by atomic mass is 16.5. The lowest BCUT2D eigenvalue weighted by Crippen LogP contribution is -2.49. The second-order valence-electron chi connectivity index (χ2n) is 4.57. The molecule has 0 aromatic carbocycles. The molecule has 3 heteroatoms. The Morgan fingerprint density at radius 2 is 1.93 bits per heavy atom. The summed E-state index contributed by atoms with van der Waals surface area (Å²) in [6.45, 7) is 7.86. The highest BCUT2D eigenvalue weighted by molar-refractivity contribution is 4.89. The van der Waals surface area contributed by atoms with Crippen molar-refractivity contribution in [1.82, 2.24) is 5.32 Å². The van der Waals surface area contributed by atoms with Crippen molar-refractivity contribution >= 4 is 0 Å². The van der Waals surface area contributed by atoms with Gasteiger partial charge in [-0.05, 0) is 26.8 Å². The number of nitrogens with one attached hydrogen (secondary N) is 1. The molecule has 2 atom stereocenters. The van der Waals surface area contributed by atoms with Crippen LogP contribution < -0.4 is 5.32 Å². The van der Waals surface area contributed by atoms with E-state index in [9.17, 15) is 5.11 Å². The van der Waals surface area contributed by atoms with Crippen LogP contribution in [0.25, 0.3) is 0 Å². The summed E-state index contributed by atoms with van der Waals surface area (Å²) in [6.07, 6.45) is 2.94. The fourth-order valence-electron chi connectivity index (χ4n) is 2.29. The zero-order valence-corrected chi connectivity index (χ0v) is 9.55. The van der Waals surface area contributed by atoms with E-state index in [4.69, 9.17) is 4.74 Å². The second-order valence-corrected chi connectivity index (χ2v) is 4.57. The van der Waals surface area contributed by atoms with Gasteiger partial charge in [0.05, 0.1) is 17.8 Å². The van der Waals surface area contributed by atoms with Crippen molar-refractivity contribution in [3.63, 3.8) is 0 Å². The molecule has 1 aliphatic rings. The molecule has 1 aliphatic heterocycles. The van der Waals surface area contributed by atoms with Crippen LogP contribution in [0.15, 0.2) is 0 Å². The average Bonchev–Trinajstić information content (AvgIpc) is 2.01. The molecule has 0 bridgehead atoms. The zero-order valence-electron chi connectivity index (χ0n) is 9.55. The van der Waals surface area contributed by atoms with Gasteiger partial charge < -0.3 is 15.2 Å². The number of aliphatic hydroxyl groups is 1. The van der Waals surface area contributed by atoms with Gasteiger partial charge in [-0.15, -0.1) is 0 Å². The van der Waals surface area contributed by atoms with Crippen molar-refractivity contribution in [3.8, 4) is 0 Å². The van der Waals surface area contributed by atoms with Crippen LogP contribution in [-0.4, -0.2) is 36.0 Å². The molecule has 0 spiro atoms. The topological polar surface area (TPSA) is 41.5 Å². The molecule has 0 radical (unpaired) electrons. The molecule has 0 saturated carbocycles. The molecule has 0 amide bonds. The van der Waals surface area contributed by atoms with Gasteiger partial charge in [0.25, 0.3) is 0 Å². The van der Waals surface area contributed by atoms with Crippen LogP contribution >= 0.6 is 0 Å². The first-order valence-corrected chi connectivity index (χ1v) is 5.64. The van der Waals surface area contributed by atoms with Crippen molar-refractivity contribution < 1.29 is 9.84 Å². The van der Waals surface area contributed by atoms with E-state index in [1.807, 2.05) is 13.8 Å². The fraction of sp³-hybridized carbons (Fsp3) is 1.00. The molecule has 2 N–H and O–H groups in total. The molecule has 1 rings (SSSR count). The summed E-state index contributed by atoms with van der Waals surface area (Å²) in [5.41, 5.74) is -0.563. The largest absolute Gasteiger partial charge is 0.388 e. The minimum atomic E-state index is -0.563. The smallest absolute Gasteiger partial charge is 0.0820 e. The molecular weight excluding hydrogens is 178 g/mol. The summed E-state index contributed by atoms with van der Waals surface area (Å²) < 4.78 is 5.60. The maximum atomic E-state index is 10.3. The van der Waals surface area contributed by atoms with Gasteiger partial charge in [0.1, 0.15) is 0 Å². The molecule has 0 aliphatic carbocycles. The van der Waals surface area contributed by atoms with E-state index in [-0.39, 0.29) is 12.2 Å². The summed E-state index contributed by atoms with van der Waals surface area (Å²) >= 11 is 0. The normalized spacial score (nSPS) is 38.6. The lowest BCUT2D eigenvalue weighted by molar-refractivity contribution is -0.129. The molecule has 1 heterocycles. The predicted octanol–water partition coefficient (Wildman–Crippen LogP) is 1.30. The van der Waals surface area contributed by atoms with Gasteiger partial charge in [0.15, 0.2) is 0 Å². The third kappa shape index (κ3) is 3.56. The average molecular weight is 201 g/mol. The lowest BCUT2D eigenvalue weighted by atomic mass is 9.87. The molecule has 0 aromatic heterocycles. The summed E-state index contributed by atoms with van der Waals surface area (Å²) in [7, 11) is 0. The summed E-state index contributed by atoms with van der Waals surface area (Å²) in [6, 6.07) is 0. The van der Waals surface area contributed by atoms with Crippen LogP contribution in [0.4, 0.5) is 0 Å². The second kappa shape index (κ2) is 5.10. The summed E-state index contributed by atoms with van der Waals surface area (Å²) in [5.74, 6) is 0. The van der Waals surface area contributed by atoms with Crippen molar-refractivity contribution in [2.24, 2.45) is 0 Å². The zero-order chi connectivity index (χ0) is 10.6. The summed E-state index contributed by atoms with van der Waals surface area (Å²) in [4.78, 5) is 0. The van der Waals surface area contributed by atoms with Gasteiger partial charge in [0, 0.05) is 19.4 Å². The Labute approximate surface area is 86.8 Å². The highest BCUT2D eigenvalue weighted by Crippen LogP contribution is 2.27. The number of hydrogen-bond donors (Lipinski definition) is 2. The minimum Gasteiger partial charge on any atom is -0.388 e. The van der Waals surface area contributed by atoms with Crippen LogP contribution in [-0.2, 0) is 4.74 Å². The molecule has 84 valence electrons. The van der Waals surface area contributed by atoms with Gasteiger partial charge in [-0.25, -0.2) is 0 Å². The van der Waals surface area contributed by atoms with E-state index in [2.05, 4.69) is 12.2 Å².